The monoisotopic (exact) mass is 220 g/mol. The van der Waals surface area contributed by atoms with E-state index in [0.717, 1.165) is 6.26 Å². The topological polar surface area (TPSA) is 172 Å². The van der Waals surface area contributed by atoms with Crippen molar-refractivity contribution in [1.29, 1.82) is 5.26 Å². The smallest absolute Gasteiger partial charge is 0.344 e. The third-order valence-corrected chi connectivity index (χ3v) is 2.35. The molecule has 12 heavy (non-hydrogen) atoms. The van der Waals surface area contributed by atoms with E-state index in [1.807, 2.05) is 0 Å². The Morgan fingerprint density at radius 3 is 1.92 bits per heavy atom. The van der Waals surface area contributed by atoms with E-state index in [9.17, 15) is 9.13 Å². The van der Waals surface area contributed by atoms with Crippen LogP contribution in [0.2, 0.25) is 0 Å². The second-order valence-corrected chi connectivity index (χ2v) is 3.98. The van der Waals surface area contributed by atoms with E-state index in [1.165, 1.54) is 0 Å². The normalized spacial score (nSPS) is 15.2. The Morgan fingerprint density at radius 1 is 1.25 bits per heavy atom. The fraction of sp³-hybridized carbons (Fsp3) is 0. The van der Waals surface area contributed by atoms with Crippen LogP contribution in [0.4, 0.5) is 0 Å². The highest BCUT2D eigenvalue weighted by molar-refractivity contribution is 7.60. The van der Waals surface area contributed by atoms with E-state index in [2.05, 4.69) is 8.83 Å². The first-order chi connectivity index (χ1) is 4.77. The maximum absolute atomic E-state index is 10.2. The Labute approximate surface area is 67.0 Å². The third-order valence-electron chi connectivity index (χ3n) is 0.366. The number of phosphoric acid groups is 2. The molecule has 0 spiro atoms. The van der Waals surface area contributed by atoms with Crippen molar-refractivity contribution >= 4 is 15.6 Å². The lowest BCUT2D eigenvalue weighted by Crippen LogP contribution is -1.88. The molecule has 1 atom stereocenters. The van der Waals surface area contributed by atoms with E-state index >= 15 is 0 Å². The maximum atomic E-state index is 10.2. The van der Waals surface area contributed by atoms with E-state index in [4.69, 9.17) is 19.9 Å². The fourth-order valence-electron chi connectivity index (χ4n) is 0.203. The van der Waals surface area contributed by atoms with Gasteiger partial charge in [-0.05, 0) is 0 Å². The first-order valence-electron chi connectivity index (χ1n) is 1.94. The lowest BCUT2D eigenvalue weighted by molar-refractivity contribution is 0.221. The summed E-state index contributed by atoms with van der Waals surface area (Å²) in [5, 5.41) is 7.66. The lowest BCUT2D eigenvalue weighted by Gasteiger charge is -2.06. The zero-order valence-electron chi connectivity index (χ0n) is 5.52. The average molecular weight is 220 g/mol. The van der Waals surface area contributed by atoms with Gasteiger partial charge < -0.3 is 20.5 Å². The largest absolute Gasteiger partial charge is 0.546 e. The third kappa shape index (κ3) is 7.65. The molecule has 0 aliphatic carbocycles. The molecule has 0 saturated carbocycles. The molecule has 0 aromatic rings. The summed E-state index contributed by atoms with van der Waals surface area (Å²) in [7, 11) is -10.0. The van der Waals surface area contributed by atoms with Crippen LogP contribution in [0, 0.1) is 11.5 Å². The van der Waals surface area contributed by atoms with Crippen molar-refractivity contribution in [3.63, 3.8) is 0 Å². The Hall–Kier alpha value is -0.450. The standard InChI is InChI=1S/CH3NO7P2.H3N/c2-1-8-11(6,7)9-10(3,4)5;/h(H,6,7)(H2,3,4,5);1H3. The molecule has 0 rings (SSSR count). The van der Waals surface area contributed by atoms with Gasteiger partial charge in [0.1, 0.15) is 0 Å². The molecule has 0 fully saturated rings. The van der Waals surface area contributed by atoms with Crippen molar-refractivity contribution in [1.82, 2.24) is 6.15 Å². The van der Waals surface area contributed by atoms with E-state index < -0.39 is 15.6 Å². The highest BCUT2D eigenvalue weighted by Gasteiger charge is 2.33. The second-order valence-electron chi connectivity index (χ2n) is 1.22. The molecule has 0 radical (unpaired) electrons. The highest BCUT2D eigenvalue weighted by atomic mass is 31.3. The van der Waals surface area contributed by atoms with Crippen LogP contribution in [0.5, 0.6) is 0 Å². The minimum absolute atomic E-state index is 0. The predicted octanol–water partition coefficient (Wildman–Crippen LogP) is -0.144. The van der Waals surface area contributed by atoms with Gasteiger partial charge in [-0.2, -0.15) is 4.31 Å². The van der Waals surface area contributed by atoms with Gasteiger partial charge in [0.05, 0.1) is 0 Å². The number of nitrogens with zero attached hydrogens (tertiary/aromatic N) is 1. The Morgan fingerprint density at radius 2 is 1.67 bits per heavy atom. The van der Waals surface area contributed by atoms with Gasteiger partial charge in [-0.25, -0.2) is 9.13 Å². The van der Waals surface area contributed by atoms with Crippen LogP contribution in [0.25, 0.3) is 0 Å². The van der Waals surface area contributed by atoms with Gasteiger partial charge in [0.2, 0.25) is 0 Å². The van der Waals surface area contributed by atoms with Crippen LogP contribution in [0.15, 0.2) is 0 Å². The number of nitriles is 1. The van der Waals surface area contributed by atoms with Gasteiger partial charge >= 0.3 is 15.6 Å². The van der Waals surface area contributed by atoms with Crippen molar-refractivity contribution in [2.75, 3.05) is 0 Å². The maximum Gasteiger partial charge on any atom is 0.546 e. The van der Waals surface area contributed by atoms with Crippen LogP contribution in [-0.2, 0) is 18.0 Å². The minimum Gasteiger partial charge on any atom is -0.344 e. The Bertz CT molecular complexity index is 261. The summed E-state index contributed by atoms with van der Waals surface area (Å²) in [5.41, 5.74) is 0. The Balaban J connectivity index is 0. The molecule has 1 unspecified atom stereocenters. The summed E-state index contributed by atoms with van der Waals surface area (Å²) in [6, 6.07) is 0. The van der Waals surface area contributed by atoms with Gasteiger partial charge in [0.25, 0.3) is 6.26 Å². The summed E-state index contributed by atoms with van der Waals surface area (Å²) in [6.07, 6.45) is 0.749. The summed E-state index contributed by atoms with van der Waals surface area (Å²) >= 11 is 0. The van der Waals surface area contributed by atoms with Crippen molar-refractivity contribution in [2.45, 2.75) is 0 Å². The van der Waals surface area contributed by atoms with E-state index in [-0.39, 0.29) is 6.15 Å². The molecule has 0 saturated heterocycles. The highest BCUT2D eigenvalue weighted by Crippen LogP contribution is 2.57. The van der Waals surface area contributed by atoms with Gasteiger partial charge in [0, 0.05) is 0 Å². The minimum atomic E-state index is -5.11. The molecule has 0 bridgehead atoms. The summed E-state index contributed by atoms with van der Waals surface area (Å²) < 4.78 is 26.6. The van der Waals surface area contributed by atoms with Crippen molar-refractivity contribution in [2.24, 2.45) is 0 Å². The van der Waals surface area contributed by atoms with Gasteiger partial charge in [-0.3, -0.25) is 4.89 Å². The van der Waals surface area contributed by atoms with E-state index in [1.54, 1.807) is 0 Å². The molecule has 0 heterocycles. The van der Waals surface area contributed by atoms with Gasteiger partial charge in [-0.1, -0.05) is 0 Å². The zero-order chi connectivity index (χ0) is 9.12. The average Bonchev–Trinajstić information content (AvgIpc) is 1.55. The zero-order valence-corrected chi connectivity index (χ0v) is 7.31. The second kappa shape index (κ2) is 4.54. The van der Waals surface area contributed by atoms with Crippen LogP contribution >= 0.6 is 15.6 Å². The van der Waals surface area contributed by atoms with Crippen LogP contribution in [0.1, 0.15) is 0 Å². The molecule has 0 amide bonds. The number of rotatable bonds is 3. The lowest BCUT2D eigenvalue weighted by atomic mass is 11.6. The van der Waals surface area contributed by atoms with Gasteiger partial charge in [-0.15, -0.1) is 5.26 Å². The van der Waals surface area contributed by atoms with Crippen molar-refractivity contribution in [3.05, 3.63) is 0 Å². The SMILES string of the molecule is N.N#COP(=O)(O)OP(=O)(O)O. The number of hydrogen-bond acceptors (Lipinski definition) is 6. The number of phosphoric ester groups is 1. The summed E-state index contributed by atoms with van der Waals surface area (Å²) in [6.45, 7) is 0. The fourth-order valence-corrected chi connectivity index (χ4v) is 1.51. The van der Waals surface area contributed by atoms with E-state index in [0.29, 0.717) is 0 Å². The molecular weight excluding hydrogens is 214 g/mol. The van der Waals surface area contributed by atoms with Crippen LogP contribution in [0.3, 0.4) is 0 Å². The molecular formula is CH6N2O7P2. The quantitative estimate of drug-likeness (QED) is 0.372. The first kappa shape index (κ1) is 14.1. The molecule has 72 valence electrons. The molecule has 6 N–H and O–H groups in total. The molecule has 0 aliphatic heterocycles. The van der Waals surface area contributed by atoms with Crippen LogP contribution < -0.4 is 6.15 Å². The number of hydrogen-bond donors (Lipinski definition) is 4. The summed E-state index contributed by atoms with van der Waals surface area (Å²) in [5.74, 6) is 0. The van der Waals surface area contributed by atoms with Gasteiger partial charge in [0.15, 0.2) is 0 Å². The molecule has 0 aromatic heterocycles. The van der Waals surface area contributed by atoms with Crippen molar-refractivity contribution in [3.8, 4) is 6.26 Å². The predicted molar refractivity (Wildman–Crippen MR) is 34.7 cm³/mol. The first-order valence-corrected chi connectivity index (χ1v) is 4.97. The molecule has 0 aliphatic rings. The Kier molecular flexibility index (Phi) is 5.34. The summed E-state index contributed by atoms with van der Waals surface area (Å²) in [4.78, 5) is 24.1. The molecule has 9 nitrogen and oxygen atoms in total. The van der Waals surface area contributed by atoms with Crippen LogP contribution in [-0.4, -0.2) is 14.7 Å². The molecule has 11 heteroatoms. The molecule has 0 aromatic carbocycles. The van der Waals surface area contributed by atoms with Crippen molar-refractivity contribution < 1.29 is 32.6 Å².